The van der Waals surface area contributed by atoms with Gasteiger partial charge in [0.05, 0.1) is 5.56 Å². The monoisotopic (exact) mass is 280 g/mol. The summed E-state index contributed by atoms with van der Waals surface area (Å²) in [5.74, 6) is 1.01. The van der Waals surface area contributed by atoms with Gasteiger partial charge in [-0.25, -0.2) is 9.97 Å². The Labute approximate surface area is 120 Å². The molecule has 7 heteroatoms. The number of fused-ring (bicyclic) bond motifs is 1. The highest BCUT2D eigenvalue weighted by atomic mass is 16.4. The van der Waals surface area contributed by atoms with Crippen LogP contribution in [-0.2, 0) is 12.8 Å². The minimum Gasteiger partial charge on any atom is -0.423 e. The van der Waals surface area contributed by atoms with Crippen LogP contribution in [-0.4, -0.2) is 31.2 Å². The van der Waals surface area contributed by atoms with E-state index in [2.05, 4.69) is 36.5 Å². The maximum absolute atomic E-state index is 5.10. The molecular formula is C14H12N6O. The minimum atomic E-state index is 0.282. The molecule has 0 fully saturated rings. The number of nitrogens with zero attached hydrogens (tertiary/aromatic N) is 5. The maximum Gasteiger partial charge on any atom is 0.250 e. The van der Waals surface area contributed by atoms with Crippen LogP contribution in [0, 0.1) is 0 Å². The lowest BCUT2D eigenvalue weighted by Gasteiger charge is -2.11. The third-order valence-electron chi connectivity index (χ3n) is 3.48. The van der Waals surface area contributed by atoms with Crippen molar-refractivity contribution >= 4 is 5.95 Å². The summed E-state index contributed by atoms with van der Waals surface area (Å²) in [6, 6.07) is 4.37. The molecule has 1 aliphatic rings. The van der Waals surface area contributed by atoms with Crippen molar-refractivity contribution in [1.29, 1.82) is 0 Å². The van der Waals surface area contributed by atoms with Crippen molar-refractivity contribution in [3.8, 4) is 11.5 Å². The molecule has 3 aromatic rings. The molecule has 4 rings (SSSR count). The molecule has 3 heterocycles. The van der Waals surface area contributed by atoms with Crippen molar-refractivity contribution in [2.75, 3.05) is 5.32 Å². The average Bonchev–Trinajstić information content (AvgIpc) is 3.17. The highest BCUT2D eigenvalue weighted by Crippen LogP contribution is 2.22. The molecule has 0 amide bonds. The summed E-state index contributed by atoms with van der Waals surface area (Å²) in [5.41, 5.74) is 3.14. The molecule has 3 aromatic heterocycles. The van der Waals surface area contributed by atoms with Gasteiger partial charge >= 0.3 is 0 Å². The first-order valence-electron chi connectivity index (χ1n) is 6.66. The van der Waals surface area contributed by atoms with Gasteiger partial charge in [0.2, 0.25) is 12.3 Å². The van der Waals surface area contributed by atoms with Gasteiger partial charge in [0.1, 0.15) is 0 Å². The molecular weight excluding hydrogens is 268 g/mol. The summed E-state index contributed by atoms with van der Waals surface area (Å²) >= 11 is 0. The summed E-state index contributed by atoms with van der Waals surface area (Å²) < 4.78 is 5.10. The van der Waals surface area contributed by atoms with E-state index in [4.69, 9.17) is 4.42 Å². The van der Waals surface area contributed by atoms with Gasteiger partial charge in [-0.3, -0.25) is 4.98 Å². The average molecular weight is 280 g/mol. The Morgan fingerprint density at radius 2 is 2.05 bits per heavy atom. The molecule has 1 unspecified atom stereocenters. The van der Waals surface area contributed by atoms with Crippen molar-refractivity contribution in [3.63, 3.8) is 0 Å². The fraction of sp³-hybridized carbons (Fsp3) is 0.214. The molecule has 0 saturated heterocycles. The molecule has 7 nitrogen and oxygen atoms in total. The van der Waals surface area contributed by atoms with Gasteiger partial charge in [-0.15, -0.1) is 10.2 Å². The van der Waals surface area contributed by atoms with Crippen LogP contribution in [0.3, 0.4) is 0 Å². The topological polar surface area (TPSA) is 89.6 Å². The third kappa shape index (κ3) is 2.33. The number of hydrogen-bond acceptors (Lipinski definition) is 7. The van der Waals surface area contributed by atoms with Crippen molar-refractivity contribution < 1.29 is 4.42 Å². The Bertz CT molecular complexity index is 715. The molecule has 21 heavy (non-hydrogen) atoms. The zero-order valence-corrected chi connectivity index (χ0v) is 11.1. The van der Waals surface area contributed by atoms with E-state index in [0.717, 1.165) is 18.5 Å². The Morgan fingerprint density at radius 1 is 1.14 bits per heavy atom. The Hall–Kier alpha value is -2.83. The molecule has 104 valence electrons. The predicted octanol–water partition coefficient (Wildman–Crippen LogP) is 1.50. The number of anilines is 1. The second kappa shape index (κ2) is 4.93. The van der Waals surface area contributed by atoms with Crippen LogP contribution in [0.15, 0.2) is 41.5 Å². The zero-order valence-electron chi connectivity index (χ0n) is 11.1. The number of aromatic nitrogens is 5. The van der Waals surface area contributed by atoms with Gasteiger partial charge in [0.25, 0.3) is 5.89 Å². The van der Waals surface area contributed by atoms with E-state index in [1.165, 1.54) is 12.0 Å². The number of rotatable bonds is 3. The van der Waals surface area contributed by atoms with Crippen LogP contribution in [0.2, 0.25) is 0 Å². The van der Waals surface area contributed by atoms with Gasteiger partial charge in [-0.2, -0.15) is 0 Å². The van der Waals surface area contributed by atoms with Crippen LogP contribution in [0.5, 0.6) is 0 Å². The quantitative estimate of drug-likeness (QED) is 0.777. The van der Waals surface area contributed by atoms with E-state index in [-0.39, 0.29) is 6.04 Å². The Balaban J connectivity index is 1.47. The molecule has 0 bridgehead atoms. The highest BCUT2D eigenvalue weighted by Gasteiger charge is 2.22. The van der Waals surface area contributed by atoms with Crippen molar-refractivity contribution in [2.24, 2.45) is 0 Å². The maximum atomic E-state index is 5.10. The standard InChI is InChI=1S/C14H12N6O/c1-2-9-4-11(5-12(9)15-3-1)19-14-16-6-10(7-17-14)13-20-18-8-21-13/h1-3,6-8,11H,4-5H2,(H,16,17,19). The van der Waals surface area contributed by atoms with E-state index in [1.807, 2.05) is 12.3 Å². The summed E-state index contributed by atoms with van der Waals surface area (Å²) in [7, 11) is 0. The second-order valence-corrected chi connectivity index (χ2v) is 4.90. The normalized spacial score (nSPS) is 16.7. The lowest BCUT2D eigenvalue weighted by molar-refractivity contribution is 0.568. The molecule has 0 aliphatic heterocycles. The van der Waals surface area contributed by atoms with Crippen molar-refractivity contribution in [2.45, 2.75) is 18.9 Å². The Morgan fingerprint density at radius 3 is 2.81 bits per heavy atom. The minimum absolute atomic E-state index is 0.282. The largest absolute Gasteiger partial charge is 0.423 e. The smallest absolute Gasteiger partial charge is 0.250 e. The van der Waals surface area contributed by atoms with Crippen molar-refractivity contribution in [3.05, 3.63) is 48.4 Å². The lowest BCUT2D eigenvalue weighted by Crippen LogP contribution is -2.21. The zero-order chi connectivity index (χ0) is 14.1. The molecule has 0 saturated carbocycles. The summed E-state index contributed by atoms with van der Waals surface area (Å²) in [6.45, 7) is 0. The van der Waals surface area contributed by atoms with Gasteiger partial charge in [-0.05, 0) is 18.1 Å². The molecule has 1 atom stereocenters. The van der Waals surface area contributed by atoms with Crippen LogP contribution >= 0.6 is 0 Å². The number of hydrogen-bond donors (Lipinski definition) is 1. The SMILES string of the molecule is c1cnc2c(c1)CC(Nc1ncc(-c3nnco3)cn1)C2. The highest BCUT2D eigenvalue weighted by molar-refractivity contribution is 5.50. The van der Waals surface area contributed by atoms with Crippen LogP contribution in [0.25, 0.3) is 11.5 Å². The fourth-order valence-corrected chi connectivity index (χ4v) is 2.51. The van der Waals surface area contributed by atoms with E-state index in [0.29, 0.717) is 17.4 Å². The van der Waals surface area contributed by atoms with Gasteiger partial charge in [0.15, 0.2) is 0 Å². The first-order valence-corrected chi connectivity index (χ1v) is 6.66. The molecule has 1 N–H and O–H groups in total. The van der Waals surface area contributed by atoms with E-state index < -0.39 is 0 Å². The van der Waals surface area contributed by atoms with Crippen molar-refractivity contribution in [1.82, 2.24) is 25.1 Å². The lowest BCUT2D eigenvalue weighted by atomic mass is 10.2. The van der Waals surface area contributed by atoms with Crippen LogP contribution in [0.4, 0.5) is 5.95 Å². The van der Waals surface area contributed by atoms with Gasteiger partial charge in [0, 0.05) is 36.7 Å². The van der Waals surface area contributed by atoms with E-state index in [1.54, 1.807) is 12.4 Å². The van der Waals surface area contributed by atoms with Gasteiger partial charge in [-0.1, -0.05) is 6.07 Å². The summed E-state index contributed by atoms with van der Waals surface area (Å²) in [6.07, 6.45) is 8.29. The molecule has 0 radical (unpaired) electrons. The first kappa shape index (κ1) is 12.0. The van der Waals surface area contributed by atoms with Crippen LogP contribution < -0.4 is 5.32 Å². The number of nitrogens with one attached hydrogen (secondary N) is 1. The third-order valence-corrected chi connectivity index (χ3v) is 3.48. The Kier molecular flexibility index (Phi) is 2.81. The van der Waals surface area contributed by atoms with Gasteiger partial charge < -0.3 is 9.73 Å². The predicted molar refractivity (Wildman–Crippen MR) is 74.4 cm³/mol. The second-order valence-electron chi connectivity index (χ2n) is 4.90. The fourth-order valence-electron chi connectivity index (χ4n) is 2.51. The summed E-state index contributed by atoms with van der Waals surface area (Å²) in [4.78, 5) is 13.0. The van der Waals surface area contributed by atoms with Crippen LogP contribution in [0.1, 0.15) is 11.3 Å². The molecule has 1 aliphatic carbocycles. The number of pyridine rings is 1. The first-order chi connectivity index (χ1) is 10.4. The molecule has 0 spiro atoms. The van der Waals surface area contributed by atoms with E-state index in [9.17, 15) is 0 Å². The van der Waals surface area contributed by atoms with E-state index >= 15 is 0 Å². The summed E-state index contributed by atoms with van der Waals surface area (Å²) in [5, 5.41) is 10.8. The molecule has 0 aromatic carbocycles.